The fourth-order valence-electron chi connectivity index (χ4n) is 2.80. The predicted molar refractivity (Wildman–Crippen MR) is 96.2 cm³/mol. The SMILES string of the molecule is Cc1ccc(Cc2nc(N)cc(Cc3ccn4ccnc4c3)n2)cn1. The Morgan fingerprint density at radius 1 is 0.960 bits per heavy atom. The Hall–Kier alpha value is -3.28. The highest BCUT2D eigenvalue weighted by Gasteiger charge is 2.07. The van der Waals surface area contributed by atoms with Gasteiger partial charge < -0.3 is 10.1 Å². The molecule has 6 nitrogen and oxygen atoms in total. The van der Waals surface area contributed by atoms with Gasteiger partial charge in [-0.05, 0) is 36.2 Å². The van der Waals surface area contributed by atoms with Gasteiger partial charge in [0, 0.05) is 49.4 Å². The Morgan fingerprint density at radius 3 is 2.72 bits per heavy atom. The van der Waals surface area contributed by atoms with Gasteiger partial charge >= 0.3 is 0 Å². The third kappa shape index (κ3) is 3.47. The molecule has 0 aromatic carbocycles. The lowest BCUT2D eigenvalue weighted by atomic mass is 10.1. The fraction of sp³-hybridized carbons (Fsp3) is 0.158. The normalized spacial score (nSPS) is 11.1. The van der Waals surface area contributed by atoms with Gasteiger partial charge in [-0.25, -0.2) is 15.0 Å². The van der Waals surface area contributed by atoms with E-state index in [0.717, 1.165) is 28.2 Å². The van der Waals surface area contributed by atoms with Crippen LogP contribution in [0.5, 0.6) is 0 Å². The van der Waals surface area contributed by atoms with E-state index < -0.39 is 0 Å². The van der Waals surface area contributed by atoms with Gasteiger partial charge in [-0.15, -0.1) is 0 Å². The minimum atomic E-state index is 0.488. The molecule has 0 aliphatic carbocycles. The van der Waals surface area contributed by atoms with E-state index in [0.29, 0.717) is 24.5 Å². The van der Waals surface area contributed by atoms with Gasteiger partial charge in [0.15, 0.2) is 0 Å². The van der Waals surface area contributed by atoms with Crippen LogP contribution >= 0.6 is 0 Å². The lowest BCUT2D eigenvalue weighted by Crippen LogP contribution is -2.05. The molecule has 0 spiro atoms. The van der Waals surface area contributed by atoms with E-state index in [2.05, 4.69) is 32.1 Å². The smallest absolute Gasteiger partial charge is 0.136 e. The Bertz CT molecular complexity index is 1020. The van der Waals surface area contributed by atoms with Crippen molar-refractivity contribution in [3.05, 3.63) is 83.5 Å². The first kappa shape index (κ1) is 15.3. The molecule has 2 N–H and O–H groups in total. The molecule has 0 radical (unpaired) electrons. The van der Waals surface area contributed by atoms with E-state index in [9.17, 15) is 0 Å². The van der Waals surface area contributed by atoms with Gasteiger partial charge in [0.25, 0.3) is 0 Å². The number of rotatable bonds is 4. The van der Waals surface area contributed by atoms with Crippen LogP contribution in [0.25, 0.3) is 5.65 Å². The quantitative estimate of drug-likeness (QED) is 0.622. The van der Waals surface area contributed by atoms with Crippen LogP contribution < -0.4 is 5.73 Å². The summed E-state index contributed by atoms with van der Waals surface area (Å²) in [6, 6.07) is 9.98. The third-order valence-corrected chi connectivity index (χ3v) is 4.03. The molecule has 0 fully saturated rings. The number of pyridine rings is 2. The summed E-state index contributed by atoms with van der Waals surface area (Å²) < 4.78 is 1.98. The monoisotopic (exact) mass is 330 g/mol. The zero-order valence-corrected chi connectivity index (χ0v) is 13.9. The molecule has 0 unspecified atom stereocenters. The molecule has 0 saturated heterocycles. The van der Waals surface area contributed by atoms with Crippen LogP contribution in [0.2, 0.25) is 0 Å². The van der Waals surface area contributed by atoms with E-state index in [4.69, 9.17) is 5.73 Å². The first-order chi connectivity index (χ1) is 12.2. The van der Waals surface area contributed by atoms with Crippen molar-refractivity contribution in [3.63, 3.8) is 0 Å². The highest BCUT2D eigenvalue weighted by atomic mass is 15.0. The first-order valence-electron chi connectivity index (χ1n) is 8.11. The summed E-state index contributed by atoms with van der Waals surface area (Å²) in [6.07, 6.45) is 8.87. The van der Waals surface area contributed by atoms with Crippen LogP contribution in [-0.2, 0) is 12.8 Å². The average Bonchev–Trinajstić information content (AvgIpc) is 3.04. The molecular formula is C19H18N6. The highest BCUT2D eigenvalue weighted by Crippen LogP contribution is 2.14. The van der Waals surface area contributed by atoms with Crippen LogP contribution in [0.1, 0.15) is 28.3 Å². The summed E-state index contributed by atoms with van der Waals surface area (Å²) in [6.45, 7) is 1.97. The number of nitrogens with zero attached hydrogens (tertiary/aromatic N) is 5. The fourth-order valence-corrected chi connectivity index (χ4v) is 2.80. The van der Waals surface area contributed by atoms with Crippen LogP contribution in [0, 0.1) is 6.92 Å². The summed E-state index contributed by atoms with van der Waals surface area (Å²) in [5, 5.41) is 0. The summed E-state index contributed by atoms with van der Waals surface area (Å²) in [5.41, 5.74) is 11.0. The van der Waals surface area contributed by atoms with E-state index in [1.165, 1.54) is 0 Å². The molecule has 25 heavy (non-hydrogen) atoms. The van der Waals surface area contributed by atoms with Gasteiger partial charge in [0.05, 0.1) is 5.69 Å². The molecule has 4 rings (SSSR count). The minimum absolute atomic E-state index is 0.488. The van der Waals surface area contributed by atoms with Gasteiger partial charge in [0.1, 0.15) is 17.3 Å². The maximum Gasteiger partial charge on any atom is 0.136 e. The molecule has 4 aromatic heterocycles. The van der Waals surface area contributed by atoms with Gasteiger partial charge in [-0.2, -0.15) is 0 Å². The third-order valence-electron chi connectivity index (χ3n) is 4.03. The van der Waals surface area contributed by atoms with Gasteiger partial charge in [-0.3, -0.25) is 4.98 Å². The number of imidazole rings is 1. The van der Waals surface area contributed by atoms with Crippen molar-refractivity contribution in [2.75, 3.05) is 5.73 Å². The van der Waals surface area contributed by atoms with E-state index in [1.54, 1.807) is 6.20 Å². The average molecular weight is 330 g/mol. The summed E-state index contributed by atoms with van der Waals surface area (Å²) in [4.78, 5) is 17.7. The van der Waals surface area contributed by atoms with Crippen molar-refractivity contribution >= 4 is 11.5 Å². The maximum absolute atomic E-state index is 5.98. The molecule has 4 aromatic rings. The van der Waals surface area contributed by atoms with Crippen molar-refractivity contribution in [2.24, 2.45) is 0 Å². The molecular weight excluding hydrogens is 312 g/mol. The molecule has 0 amide bonds. The maximum atomic E-state index is 5.98. The van der Waals surface area contributed by atoms with E-state index in [1.807, 2.05) is 48.1 Å². The summed E-state index contributed by atoms with van der Waals surface area (Å²) in [5.74, 6) is 1.20. The van der Waals surface area contributed by atoms with Crippen molar-refractivity contribution in [3.8, 4) is 0 Å². The Morgan fingerprint density at radius 2 is 1.88 bits per heavy atom. The van der Waals surface area contributed by atoms with Crippen LogP contribution in [-0.4, -0.2) is 24.3 Å². The minimum Gasteiger partial charge on any atom is -0.384 e. The molecule has 0 bridgehead atoms. The van der Waals surface area contributed by atoms with Crippen molar-refractivity contribution < 1.29 is 0 Å². The van der Waals surface area contributed by atoms with Crippen LogP contribution in [0.3, 0.4) is 0 Å². The lowest BCUT2D eigenvalue weighted by Gasteiger charge is -2.07. The first-order valence-corrected chi connectivity index (χ1v) is 8.11. The zero-order chi connectivity index (χ0) is 17.2. The Labute approximate surface area is 145 Å². The molecule has 124 valence electrons. The second kappa shape index (κ2) is 6.32. The number of aryl methyl sites for hydroxylation is 1. The van der Waals surface area contributed by atoms with Gasteiger partial charge in [-0.1, -0.05) is 6.07 Å². The molecule has 0 saturated carbocycles. The zero-order valence-electron chi connectivity index (χ0n) is 13.9. The number of fused-ring (bicyclic) bond motifs is 1. The molecule has 0 aliphatic rings. The van der Waals surface area contributed by atoms with Crippen LogP contribution in [0.4, 0.5) is 5.82 Å². The topological polar surface area (TPSA) is 82.0 Å². The van der Waals surface area contributed by atoms with E-state index in [-0.39, 0.29) is 0 Å². The Balaban J connectivity index is 1.59. The summed E-state index contributed by atoms with van der Waals surface area (Å²) in [7, 11) is 0. The highest BCUT2D eigenvalue weighted by molar-refractivity contribution is 5.43. The number of aromatic nitrogens is 5. The number of hydrogen-bond acceptors (Lipinski definition) is 5. The second-order valence-corrected chi connectivity index (χ2v) is 6.09. The molecule has 0 atom stereocenters. The largest absolute Gasteiger partial charge is 0.384 e. The Kier molecular flexibility index (Phi) is 3.85. The number of nitrogens with two attached hydrogens (primary N) is 1. The van der Waals surface area contributed by atoms with E-state index >= 15 is 0 Å². The summed E-state index contributed by atoms with van der Waals surface area (Å²) >= 11 is 0. The number of nitrogen functional groups attached to an aromatic ring is 1. The number of hydrogen-bond donors (Lipinski definition) is 1. The second-order valence-electron chi connectivity index (χ2n) is 6.09. The number of anilines is 1. The molecule has 4 heterocycles. The molecule has 0 aliphatic heterocycles. The lowest BCUT2D eigenvalue weighted by molar-refractivity contribution is 0.916. The van der Waals surface area contributed by atoms with Crippen molar-refractivity contribution in [2.45, 2.75) is 19.8 Å². The van der Waals surface area contributed by atoms with Crippen molar-refractivity contribution in [1.82, 2.24) is 24.3 Å². The predicted octanol–water partition coefficient (Wildman–Crippen LogP) is 2.59. The van der Waals surface area contributed by atoms with Crippen molar-refractivity contribution in [1.29, 1.82) is 0 Å². The van der Waals surface area contributed by atoms with Gasteiger partial charge in [0.2, 0.25) is 0 Å². The van der Waals surface area contributed by atoms with Crippen LogP contribution in [0.15, 0.2) is 55.1 Å². The standard InChI is InChI=1S/C19H18N6/c1-13-2-3-15(12-22-13)9-18-23-16(11-17(20)24-18)8-14-4-6-25-7-5-21-19(25)10-14/h2-7,10-12H,8-9H2,1H3,(H2,20,23,24). The molecule has 6 heteroatoms.